The molecule has 0 bridgehead atoms. The molecule has 1 aromatic heterocycles. The number of carbonyl (C=O) groups excluding carboxylic acids is 1. The zero-order valence-electron chi connectivity index (χ0n) is 17.8. The number of aromatic amines is 1. The maximum atomic E-state index is 12.7. The van der Waals surface area contributed by atoms with Crippen molar-refractivity contribution >= 4 is 17.4 Å². The van der Waals surface area contributed by atoms with Gasteiger partial charge >= 0.3 is 0 Å². The molecule has 3 aromatic rings. The van der Waals surface area contributed by atoms with E-state index in [1.54, 1.807) is 0 Å². The summed E-state index contributed by atoms with van der Waals surface area (Å²) in [5.41, 5.74) is 2.40. The number of aromatic nitrogens is 2. The molecule has 2 aromatic carbocycles. The molecule has 1 fully saturated rings. The van der Waals surface area contributed by atoms with Crippen molar-refractivity contribution in [2.75, 3.05) is 13.1 Å². The van der Waals surface area contributed by atoms with Crippen molar-refractivity contribution < 1.29 is 9.53 Å². The number of hydrogen-bond donors (Lipinski definition) is 2. The summed E-state index contributed by atoms with van der Waals surface area (Å²) in [6, 6.07) is 15.9. The molecule has 158 valence electrons. The third-order valence-electron chi connectivity index (χ3n) is 4.96. The van der Waals surface area contributed by atoms with Gasteiger partial charge in [-0.25, -0.2) is 4.98 Å². The molecule has 1 aliphatic heterocycles. The number of nitrogens with one attached hydrogen (secondary N) is 2. The molecule has 1 saturated heterocycles. The maximum Gasteiger partial charge on any atom is 0.293 e. The Hall–Kier alpha value is -2.99. The Balaban J connectivity index is 0.000000318. The van der Waals surface area contributed by atoms with Crippen molar-refractivity contribution in [1.29, 1.82) is 0 Å². The number of fused-ring (bicyclic) bond motifs is 1. The molecule has 1 aliphatic rings. The zero-order chi connectivity index (χ0) is 21.6. The van der Waals surface area contributed by atoms with E-state index in [4.69, 9.17) is 4.98 Å². The number of nitrogens with zero attached hydrogens (tertiary/aromatic N) is 1. The zero-order valence-corrected chi connectivity index (χ0v) is 17.8. The van der Waals surface area contributed by atoms with Gasteiger partial charge in [0.25, 0.3) is 12.0 Å². The smallest absolute Gasteiger partial charge is 0.293 e. The van der Waals surface area contributed by atoms with Crippen LogP contribution in [-0.2, 0) is 9.53 Å². The molecule has 6 nitrogen and oxygen atoms in total. The van der Waals surface area contributed by atoms with Crippen LogP contribution < -0.4 is 10.9 Å². The van der Waals surface area contributed by atoms with Gasteiger partial charge in [-0.1, -0.05) is 42.5 Å². The SMILES string of the molecule is CC(C)(C)OC=O.O=c1[nH]c(C2CCNCC2)nc2cccc(-c3ccccc3)c12. The fourth-order valence-electron chi connectivity index (χ4n) is 3.50. The topological polar surface area (TPSA) is 84.1 Å². The lowest BCUT2D eigenvalue weighted by molar-refractivity contribution is -0.138. The minimum absolute atomic E-state index is 0.0389. The van der Waals surface area contributed by atoms with Gasteiger partial charge in [0.1, 0.15) is 11.4 Å². The van der Waals surface area contributed by atoms with Gasteiger partial charge < -0.3 is 15.0 Å². The summed E-state index contributed by atoms with van der Waals surface area (Å²) in [5, 5.41) is 4.02. The largest absolute Gasteiger partial charge is 0.462 e. The first kappa shape index (κ1) is 21.7. The van der Waals surface area contributed by atoms with Gasteiger partial charge in [-0.05, 0) is 63.9 Å². The van der Waals surface area contributed by atoms with Gasteiger partial charge in [0.2, 0.25) is 0 Å². The average molecular weight is 408 g/mol. The third kappa shape index (κ3) is 5.54. The molecule has 0 unspecified atom stereocenters. The van der Waals surface area contributed by atoms with Gasteiger partial charge in [0.05, 0.1) is 10.9 Å². The number of rotatable bonds is 3. The summed E-state index contributed by atoms with van der Waals surface area (Å²) in [5.74, 6) is 1.17. The minimum Gasteiger partial charge on any atom is -0.462 e. The molecule has 0 radical (unpaired) electrons. The first-order valence-electron chi connectivity index (χ1n) is 10.3. The lowest BCUT2D eigenvalue weighted by atomic mass is 9.96. The molecular weight excluding hydrogens is 378 g/mol. The Morgan fingerprint density at radius 2 is 1.73 bits per heavy atom. The van der Waals surface area contributed by atoms with Crippen LogP contribution >= 0.6 is 0 Å². The fraction of sp³-hybridized carbons (Fsp3) is 0.375. The van der Waals surface area contributed by atoms with E-state index >= 15 is 0 Å². The van der Waals surface area contributed by atoms with Crippen molar-refractivity contribution in [3.8, 4) is 11.1 Å². The summed E-state index contributed by atoms with van der Waals surface area (Å²) < 4.78 is 4.55. The molecule has 6 heteroatoms. The van der Waals surface area contributed by atoms with Crippen LogP contribution in [0.4, 0.5) is 0 Å². The van der Waals surface area contributed by atoms with Crippen molar-refractivity contribution in [3.05, 3.63) is 64.7 Å². The highest BCUT2D eigenvalue weighted by molar-refractivity contribution is 5.93. The van der Waals surface area contributed by atoms with Gasteiger partial charge in [-0.3, -0.25) is 9.59 Å². The lowest BCUT2D eigenvalue weighted by Gasteiger charge is -2.22. The van der Waals surface area contributed by atoms with Crippen LogP contribution in [0.15, 0.2) is 53.3 Å². The quantitative estimate of drug-likeness (QED) is 0.641. The van der Waals surface area contributed by atoms with E-state index in [9.17, 15) is 9.59 Å². The molecule has 0 saturated carbocycles. The normalized spacial score (nSPS) is 14.6. The highest BCUT2D eigenvalue weighted by Crippen LogP contribution is 2.27. The van der Waals surface area contributed by atoms with Crippen molar-refractivity contribution in [2.45, 2.75) is 45.1 Å². The van der Waals surface area contributed by atoms with E-state index in [1.807, 2.05) is 69.3 Å². The van der Waals surface area contributed by atoms with E-state index in [-0.39, 0.29) is 11.2 Å². The van der Waals surface area contributed by atoms with Gasteiger partial charge in [0.15, 0.2) is 0 Å². The number of H-pyrrole nitrogens is 1. The Kier molecular flexibility index (Phi) is 7.00. The Morgan fingerprint density at radius 3 is 2.33 bits per heavy atom. The maximum absolute atomic E-state index is 12.7. The molecule has 0 amide bonds. The summed E-state index contributed by atoms with van der Waals surface area (Å²) in [6.45, 7) is 7.89. The summed E-state index contributed by atoms with van der Waals surface area (Å²) >= 11 is 0. The molecule has 0 atom stereocenters. The first-order valence-corrected chi connectivity index (χ1v) is 10.3. The second kappa shape index (κ2) is 9.67. The minimum atomic E-state index is -0.318. The molecule has 0 aliphatic carbocycles. The van der Waals surface area contributed by atoms with Crippen LogP contribution in [0.3, 0.4) is 0 Å². The number of benzene rings is 2. The van der Waals surface area contributed by atoms with Crippen LogP contribution in [0.25, 0.3) is 22.0 Å². The summed E-state index contributed by atoms with van der Waals surface area (Å²) in [7, 11) is 0. The third-order valence-corrected chi connectivity index (χ3v) is 4.96. The number of ether oxygens (including phenoxy) is 1. The predicted molar refractivity (Wildman–Crippen MR) is 120 cm³/mol. The highest BCUT2D eigenvalue weighted by atomic mass is 16.5. The van der Waals surface area contributed by atoms with Gasteiger partial charge in [-0.15, -0.1) is 0 Å². The molecule has 2 heterocycles. The van der Waals surface area contributed by atoms with E-state index in [1.165, 1.54) is 0 Å². The van der Waals surface area contributed by atoms with Crippen LogP contribution in [0, 0.1) is 0 Å². The number of carbonyl (C=O) groups is 1. The molecule has 30 heavy (non-hydrogen) atoms. The molecule has 4 rings (SSSR count). The van der Waals surface area contributed by atoms with Gasteiger partial charge in [-0.2, -0.15) is 0 Å². The fourth-order valence-corrected chi connectivity index (χ4v) is 3.50. The highest BCUT2D eigenvalue weighted by Gasteiger charge is 2.19. The van der Waals surface area contributed by atoms with Crippen molar-refractivity contribution in [3.63, 3.8) is 0 Å². The molecule has 0 spiro atoms. The van der Waals surface area contributed by atoms with Crippen LogP contribution in [0.2, 0.25) is 0 Å². The predicted octanol–water partition coefficient (Wildman–Crippen LogP) is 4.02. The standard InChI is InChI=1S/C19H19N3O.C5H10O2/c23-19-17-15(13-5-2-1-3-6-13)7-4-8-16(17)21-18(22-19)14-9-11-20-12-10-14;1-5(2,3)7-4-6/h1-8,14,20H,9-12H2,(H,21,22,23);4H,1-3H3. The molecule has 2 N–H and O–H groups in total. The van der Waals surface area contributed by atoms with Crippen LogP contribution in [0.1, 0.15) is 45.4 Å². The van der Waals surface area contributed by atoms with E-state index < -0.39 is 0 Å². The van der Waals surface area contributed by atoms with E-state index in [2.05, 4.69) is 15.0 Å². The van der Waals surface area contributed by atoms with Crippen LogP contribution in [0.5, 0.6) is 0 Å². The van der Waals surface area contributed by atoms with Gasteiger partial charge in [0, 0.05) is 5.92 Å². The Morgan fingerprint density at radius 1 is 1.03 bits per heavy atom. The average Bonchev–Trinajstić information content (AvgIpc) is 2.74. The van der Waals surface area contributed by atoms with E-state index in [0.29, 0.717) is 17.8 Å². The Labute approximate surface area is 176 Å². The van der Waals surface area contributed by atoms with Crippen molar-refractivity contribution in [2.24, 2.45) is 0 Å². The Bertz CT molecular complexity index is 1030. The lowest BCUT2D eigenvalue weighted by Crippen LogP contribution is -2.28. The van der Waals surface area contributed by atoms with Crippen LogP contribution in [-0.4, -0.2) is 35.1 Å². The number of piperidine rings is 1. The summed E-state index contributed by atoms with van der Waals surface area (Å²) in [6.07, 6.45) is 2.04. The second-order valence-corrected chi connectivity index (χ2v) is 8.37. The van der Waals surface area contributed by atoms with Crippen molar-refractivity contribution in [1.82, 2.24) is 15.3 Å². The first-order chi connectivity index (χ1) is 14.4. The second-order valence-electron chi connectivity index (χ2n) is 8.37. The number of hydrogen-bond acceptors (Lipinski definition) is 5. The molecular formula is C24H29N3O3. The monoisotopic (exact) mass is 407 g/mol. The summed E-state index contributed by atoms with van der Waals surface area (Å²) in [4.78, 5) is 30.1. The van der Waals surface area contributed by atoms with E-state index in [0.717, 1.165) is 48.4 Å².